The Balaban J connectivity index is 2.10. The zero-order valence-electron chi connectivity index (χ0n) is 17.0. The highest BCUT2D eigenvalue weighted by Gasteiger charge is 2.35. The maximum atomic E-state index is 12.9. The Kier molecular flexibility index (Phi) is 5.58. The predicted octanol–water partition coefficient (Wildman–Crippen LogP) is 3.31. The van der Waals surface area contributed by atoms with Gasteiger partial charge in [-0.2, -0.15) is 10.1 Å². The van der Waals surface area contributed by atoms with E-state index in [4.69, 9.17) is 14.2 Å². The van der Waals surface area contributed by atoms with Crippen LogP contribution in [0.4, 0.5) is 5.95 Å². The first-order chi connectivity index (χ1) is 13.3. The topological polar surface area (TPSA) is 87.5 Å². The van der Waals surface area contributed by atoms with Gasteiger partial charge in [0.25, 0.3) is 0 Å². The molecule has 0 aliphatic carbocycles. The van der Waals surface area contributed by atoms with E-state index in [1.807, 2.05) is 52.8 Å². The van der Waals surface area contributed by atoms with Crippen LogP contribution in [-0.2, 0) is 9.53 Å². The van der Waals surface area contributed by atoms with Gasteiger partial charge < -0.3 is 19.5 Å². The molecule has 0 bridgehead atoms. The monoisotopic (exact) mass is 386 g/mol. The Morgan fingerprint density at radius 3 is 2.57 bits per heavy atom. The molecule has 0 saturated heterocycles. The first-order valence-corrected chi connectivity index (χ1v) is 9.24. The highest BCUT2D eigenvalue weighted by atomic mass is 16.5. The molecule has 1 N–H and O–H groups in total. The van der Waals surface area contributed by atoms with Gasteiger partial charge in [0.05, 0.1) is 24.9 Å². The molecule has 0 fully saturated rings. The highest BCUT2D eigenvalue weighted by Crippen LogP contribution is 2.39. The lowest BCUT2D eigenvalue weighted by Gasteiger charge is -2.29. The Hall–Kier alpha value is -3.03. The van der Waals surface area contributed by atoms with Crippen LogP contribution in [0.2, 0.25) is 0 Å². The summed E-state index contributed by atoms with van der Waals surface area (Å²) in [5.74, 6) is 1.39. The second kappa shape index (κ2) is 7.92. The van der Waals surface area contributed by atoms with Gasteiger partial charge in [0, 0.05) is 5.70 Å². The summed E-state index contributed by atoms with van der Waals surface area (Å²) in [7, 11) is 1.59. The van der Waals surface area contributed by atoms with Crippen LogP contribution in [0.5, 0.6) is 11.5 Å². The van der Waals surface area contributed by atoms with Crippen molar-refractivity contribution in [1.29, 1.82) is 0 Å². The fraction of sp³-hybridized carbons (Fsp3) is 0.450. The molecule has 1 aromatic carbocycles. The van der Waals surface area contributed by atoms with Gasteiger partial charge in [0.1, 0.15) is 12.4 Å². The lowest BCUT2D eigenvalue weighted by Crippen LogP contribution is -2.30. The second-order valence-corrected chi connectivity index (χ2v) is 7.13. The molecule has 0 spiro atoms. The molecular weight excluding hydrogens is 360 g/mol. The van der Waals surface area contributed by atoms with Crippen molar-refractivity contribution in [1.82, 2.24) is 14.8 Å². The van der Waals surface area contributed by atoms with E-state index in [9.17, 15) is 4.79 Å². The summed E-state index contributed by atoms with van der Waals surface area (Å²) >= 11 is 0. The molecule has 150 valence electrons. The van der Waals surface area contributed by atoms with Crippen LogP contribution in [-0.4, -0.2) is 40.1 Å². The Morgan fingerprint density at radius 2 is 1.93 bits per heavy atom. The fourth-order valence-corrected chi connectivity index (χ4v) is 3.15. The van der Waals surface area contributed by atoms with Crippen molar-refractivity contribution < 1.29 is 19.0 Å². The molecule has 0 amide bonds. The summed E-state index contributed by atoms with van der Waals surface area (Å²) in [4.78, 5) is 17.1. The first-order valence-electron chi connectivity index (χ1n) is 9.24. The standard InChI is InChI=1S/C20H26N4O4/c1-11(2)27-15-8-7-14(9-16(15)26-6)18-17(19(25)28-12(3)4)13(5)23-20-21-10-22-24(18)20/h7-12,18H,1-6H3,(H,21,22,23)/t18-/m1/s1. The molecule has 0 radical (unpaired) electrons. The molecule has 8 nitrogen and oxygen atoms in total. The normalized spacial score (nSPS) is 16.1. The van der Waals surface area contributed by atoms with Crippen molar-refractivity contribution in [2.75, 3.05) is 12.4 Å². The smallest absolute Gasteiger partial charge is 0.338 e. The number of benzene rings is 1. The summed E-state index contributed by atoms with van der Waals surface area (Å²) < 4.78 is 18.5. The number of ether oxygens (including phenoxy) is 3. The quantitative estimate of drug-likeness (QED) is 0.762. The number of carbonyl (C=O) groups is 1. The predicted molar refractivity (Wildman–Crippen MR) is 104 cm³/mol. The lowest BCUT2D eigenvalue weighted by atomic mass is 9.95. The average Bonchev–Trinajstić information content (AvgIpc) is 3.07. The van der Waals surface area contributed by atoms with Gasteiger partial charge in [-0.05, 0) is 52.3 Å². The van der Waals surface area contributed by atoms with Gasteiger partial charge in [-0.1, -0.05) is 6.07 Å². The van der Waals surface area contributed by atoms with Gasteiger partial charge in [0.2, 0.25) is 5.95 Å². The molecule has 3 rings (SSSR count). The molecule has 1 aromatic heterocycles. The number of methoxy groups -OCH3 is 1. The fourth-order valence-electron chi connectivity index (χ4n) is 3.15. The van der Waals surface area contributed by atoms with Gasteiger partial charge >= 0.3 is 5.97 Å². The Morgan fingerprint density at radius 1 is 1.18 bits per heavy atom. The number of hydrogen-bond donors (Lipinski definition) is 1. The van der Waals surface area contributed by atoms with Crippen molar-refractivity contribution in [3.05, 3.63) is 41.4 Å². The van der Waals surface area contributed by atoms with E-state index in [0.717, 1.165) is 5.56 Å². The van der Waals surface area contributed by atoms with Crippen LogP contribution in [0.1, 0.15) is 46.2 Å². The molecule has 0 saturated carbocycles. The summed E-state index contributed by atoms with van der Waals surface area (Å²) in [6, 6.07) is 5.10. The highest BCUT2D eigenvalue weighted by molar-refractivity contribution is 5.92. The van der Waals surface area contributed by atoms with E-state index in [0.29, 0.717) is 28.7 Å². The zero-order valence-corrected chi connectivity index (χ0v) is 17.0. The zero-order chi connectivity index (χ0) is 20.4. The van der Waals surface area contributed by atoms with Gasteiger partial charge in [0.15, 0.2) is 11.5 Å². The molecule has 2 aromatic rings. The summed E-state index contributed by atoms with van der Waals surface area (Å²) in [6.07, 6.45) is 1.23. The number of carbonyl (C=O) groups excluding carboxylic acids is 1. The van der Waals surface area contributed by atoms with Crippen molar-refractivity contribution >= 4 is 11.9 Å². The van der Waals surface area contributed by atoms with E-state index in [1.54, 1.807) is 11.8 Å². The van der Waals surface area contributed by atoms with E-state index < -0.39 is 12.0 Å². The number of anilines is 1. The minimum absolute atomic E-state index is 0.0132. The number of esters is 1. The van der Waals surface area contributed by atoms with Crippen molar-refractivity contribution in [2.24, 2.45) is 0 Å². The molecule has 8 heteroatoms. The van der Waals surface area contributed by atoms with Crippen LogP contribution < -0.4 is 14.8 Å². The van der Waals surface area contributed by atoms with Crippen molar-refractivity contribution in [2.45, 2.75) is 52.9 Å². The number of allylic oxidation sites excluding steroid dienone is 1. The largest absolute Gasteiger partial charge is 0.493 e. The minimum Gasteiger partial charge on any atom is -0.493 e. The van der Waals surface area contributed by atoms with Crippen LogP contribution >= 0.6 is 0 Å². The third kappa shape index (κ3) is 3.81. The maximum Gasteiger partial charge on any atom is 0.338 e. The number of nitrogens with one attached hydrogen (secondary N) is 1. The number of aromatic nitrogens is 3. The maximum absolute atomic E-state index is 12.9. The molecule has 1 aliphatic heterocycles. The van der Waals surface area contributed by atoms with Crippen LogP contribution in [0.3, 0.4) is 0 Å². The molecule has 0 unspecified atom stereocenters. The molecule has 2 heterocycles. The van der Waals surface area contributed by atoms with E-state index in [2.05, 4.69) is 15.4 Å². The Labute approximate surface area is 164 Å². The Bertz CT molecular complexity index is 901. The van der Waals surface area contributed by atoms with Crippen LogP contribution in [0, 0.1) is 0 Å². The van der Waals surface area contributed by atoms with Crippen LogP contribution in [0.15, 0.2) is 35.8 Å². The number of fused-ring (bicyclic) bond motifs is 1. The van der Waals surface area contributed by atoms with E-state index >= 15 is 0 Å². The summed E-state index contributed by atoms with van der Waals surface area (Å²) in [5.41, 5.74) is 1.97. The molecule has 28 heavy (non-hydrogen) atoms. The third-order valence-corrected chi connectivity index (χ3v) is 4.22. The van der Waals surface area contributed by atoms with E-state index in [-0.39, 0.29) is 12.2 Å². The van der Waals surface area contributed by atoms with Crippen LogP contribution in [0.25, 0.3) is 0 Å². The number of rotatable bonds is 6. The number of nitrogens with zero attached hydrogens (tertiary/aromatic N) is 3. The minimum atomic E-state index is -0.494. The average molecular weight is 386 g/mol. The molecular formula is C20H26N4O4. The SMILES string of the molecule is COc1cc([C@@H]2C(C(=O)OC(C)C)=C(C)Nc3ncnn32)ccc1OC(C)C. The van der Waals surface area contributed by atoms with Gasteiger partial charge in [-0.15, -0.1) is 0 Å². The third-order valence-electron chi connectivity index (χ3n) is 4.22. The second-order valence-electron chi connectivity index (χ2n) is 7.13. The first kappa shape index (κ1) is 19.7. The lowest BCUT2D eigenvalue weighted by molar-refractivity contribution is -0.143. The molecule has 1 atom stereocenters. The van der Waals surface area contributed by atoms with Crippen molar-refractivity contribution in [3.8, 4) is 11.5 Å². The summed E-state index contributed by atoms with van der Waals surface area (Å²) in [5, 5.41) is 7.44. The van der Waals surface area contributed by atoms with Gasteiger partial charge in [-0.3, -0.25) is 0 Å². The number of hydrogen-bond acceptors (Lipinski definition) is 7. The van der Waals surface area contributed by atoms with Crippen molar-refractivity contribution in [3.63, 3.8) is 0 Å². The van der Waals surface area contributed by atoms with E-state index in [1.165, 1.54) is 6.33 Å². The summed E-state index contributed by atoms with van der Waals surface area (Å²) in [6.45, 7) is 9.37. The van der Waals surface area contributed by atoms with Gasteiger partial charge in [-0.25, -0.2) is 9.48 Å². The molecule has 1 aliphatic rings.